The van der Waals surface area contributed by atoms with Gasteiger partial charge in [-0.2, -0.15) is 5.10 Å². The fourth-order valence-electron chi connectivity index (χ4n) is 3.65. The maximum atomic E-state index is 6.44. The Bertz CT molecular complexity index is 479. The van der Waals surface area contributed by atoms with Crippen LogP contribution in [0.25, 0.3) is 0 Å². The van der Waals surface area contributed by atoms with Crippen molar-refractivity contribution in [2.45, 2.75) is 58.0 Å². The Kier molecular flexibility index (Phi) is 5.33. The molecule has 0 radical (unpaired) electrons. The van der Waals surface area contributed by atoms with Crippen molar-refractivity contribution in [2.24, 2.45) is 7.05 Å². The number of hydrogen-bond acceptors (Lipinski definition) is 3. The van der Waals surface area contributed by atoms with E-state index in [1.807, 2.05) is 18.7 Å². The van der Waals surface area contributed by atoms with Crippen molar-refractivity contribution in [3.8, 4) is 0 Å². The van der Waals surface area contributed by atoms with E-state index in [1.54, 1.807) is 0 Å². The number of likely N-dealkylation sites (tertiary alicyclic amines) is 1. The quantitative estimate of drug-likeness (QED) is 0.877. The molecule has 0 aromatic carbocycles. The molecule has 1 saturated heterocycles. The van der Waals surface area contributed by atoms with Crippen LogP contribution in [-0.4, -0.2) is 46.4 Å². The molecule has 2 atom stereocenters. The summed E-state index contributed by atoms with van der Waals surface area (Å²) in [7, 11) is 4.05. The van der Waals surface area contributed by atoms with Crippen LogP contribution in [-0.2, 0) is 13.5 Å². The third kappa shape index (κ3) is 3.13. The summed E-state index contributed by atoms with van der Waals surface area (Å²) in [5.41, 5.74) is 2.21. The summed E-state index contributed by atoms with van der Waals surface area (Å²) in [4.78, 5) is 2.64. The molecule has 1 aromatic heterocycles. The Morgan fingerprint density at radius 1 is 1.38 bits per heavy atom. The molecule has 5 heteroatoms. The summed E-state index contributed by atoms with van der Waals surface area (Å²) in [6.45, 7) is 9.07. The smallest absolute Gasteiger partial charge is 0.0847 e. The number of rotatable bonds is 6. The molecule has 1 fully saturated rings. The molecule has 0 amide bonds. The van der Waals surface area contributed by atoms with Crippen molar-refractivity contribution in [1.82, 2.24) is 20.0 Å². The van der Waals surface area contributed by atoms with Crippen molar-refractivity contribution >= 4 is 11.6 Å². The van der Waals surface area contributed by atoms with Crippen LogP contribution >= 0.6 is 11.6 Å². The average Bonchev–Trinajstić information content (AvgIpc) is 3.08. The molecule has 0 spiro atoms. The summed E-state index contributed by atoms with van der Waals surface area (Å²) in [6.07, 6.45) is 4.68. The zero-order valence-electron chi connectivity index (χ0n) is 14.0. The Labute approximate surface area is 133 Å². The van der Waals surface area contributed by atoms with Crippen LogP contribution in [0.1, 0.15) is 44.5 Å². The fourth-order valence-corrected chi connectivity index (χ4v) is 3.88. The van der Waals surface area contributed by atoms with E-state index in [4.69, 9.17) is 11.6 Å². The van der Waals surface area contributed by atoms with Crippen LogP contribution in [0.2, 0.25) is 5.02 Å². The Balaban J connectivity index is 2.25. The summed E-state index contributed by atoms with van der Waals surface area (Å²) in [6, 6.07) is 0.368. The van der Waals surface area contributed by atoms with E-state index >= 15 is 0 Å². The lowest BCUT2D eigenvalue weighted by atomic mass is 9.84. The number of nitrogens with one attached hydrogen (secondary N) is 1. The molecule has 0 bridgehead atoms. The number of aromatic nitrogens is 2. The second kappa shape index (κ2) is 6.67. The highest BCUT2D eigenvalue weighted by molar-refractivity contribution is 6.31. The van der Waals surface area contributed by atoms with Crippen LogP contribution in [0.15, 0.2) is 0 Å². The number of likely N-dealkylation sites (N-methyl/N-ethyl adjacent to an activating group) is 1. The molecule has 4 nitrogen and oxygen atoms in total. The first-order valence-corrected chi connectivity index (χ1v) is 8.42. The second-order valence-electron chi connectivity index (χ2n) is 6.42. The molecule has 120 valence electrons. The van der Waals surface area contributed by atoms with Crippen molar-refractivity contribution in [2.75, 3.05) is 20.1 Å². The zero-order valence-corrected chi connectivity index (χ0v) is 14.8. The molecular weight excluding hydrogens is 284 g/mol. The first-order valence-electron chi connectivity index (χ1n) is 8.04. The maximum Gasteiger partial charge on any atom is 0.0847 e. The predicted octanol–water partition coefficient (Wildman–Crippen LogP) is 2.78. The minimum absolute atomic E-state index is 0.159. The monoisotopic (exact) mass is 312 g/mol. The lowest BCUT2D eigenvalue weighted by Crippen LogP contribution is -2.58. The van der Waals surface area contributed by atoms with Crippen LogP contribution < -0.4 is 5.32 Å². The molecule has 0 saturated carbocycles. The van der Waals surface area contributed by atoms with Crippen molar-refractivity contribution in [3.05, 3.63) is 16.4 Å². The molecule has 2 heterocycles. The highest BCUT2D eigenvalue weighted by atomic mass is 35.5. The van der Waals surface area contributed by atoms with Crippen LogP contribution in [0.4, 0.5) is 0 Å². The van der Waals surface area contributed by atoms with E-state index in [0.29, 0.717) is 6.04 Å². The van der Waals surface area contributed by atoms with Gasteiger partial charge in [-0.05, 0) is 53.2 Å². The SMILES string of the molecule is CCC(C)(C(Cc1c(Cl)c(C)nn1C)NC)N1CCCC1. The molecule has 1 aromatic rings. The number of hydrogen-bond donors (Lipinski definition) is 1. The predicted molar refractivity (Wildman–Crippen MR) is 89.0 cm³/mol. The minimum atomic E-state index is 0.159. The zero-order chi connectivity index (χ0) is 15.6. The molecule has 1 aliphatic heterocycles. The van der Waals surface area contributed by atoms with Gasteiger partial charge in [0.2, 0.25) is 0 Å². The van der Waals surface area contributed by atoms with E-state index in [0.717, 1.165) is 29.3 Å². The van der Waals surface area contributed by atoms with Gasteiger partial charge in [-0.25, -0.2) is 0 Å². The van der Waals surface area contributed by atoms with Gasteiger partial charge in [-0.3, -0.25) is 9.58 Å². The molecule has 2 unspecified atom stereocenters. The largest absolute Gasteiger partial charge is 0.315 e. The Hall–Kier alpha value is -0.580. The summed E-state index contributed by atoms with van der Waals surface area (Å²) >= 11 is 6.44. The van der Waals surface area contributed by atoms with E-state index < -0.39 is 0 Å². The summed E-state index contributed by atoms with van der Waals surface area (Å²) < 4.78 is 1.93. The molecule has 2 rings (SSSR count). The first-order chi connectivity index (χ1) is 9.93. The standard InChI is InChI=1S/C16H29ClN4/c1-6-16(3,21-9-7-8-10-21)14(18-4)11-13-15(17)12(2)19-20(13)5/h14,18H,6-11H2,1-5H3. The molecular formula is C16H29ClN4. The van der Waals surface area contributed by atoms with Gasteiger partial charge in [0.1, 0.15) is 0 Å². The Morgan fingerprint density at radius 2 is 2.00 bits per heavy atom. The first kappa shape index (κ1) is 16.8. The maximum absolute atomic E-state index is 6.44. The van der Waals surface area contributed by atoms with E-state index in [-0.39, 0.29) is 5.54 Å². The number of aryl methyl sites for hydroxylation is 2. The van der Waals surface area contributed by atoms with Gasteiger partial charge in [-0.1, -0.05) is 18.5 Å². The van der Waals surface area contributed by atoms with Crippen LogP contribution in [0.3, 0.4) is 0 Å². The van der Waals surface area contributed by atoms with Gasteiger partial charge in [0.05, 0.1) is 16.4 Å². The van der Waals surface area contributed by atoms with E-state index in [9.17, 15) is 0 Å². The van der Waals surface area contributed by atoms with Gasteiger partial charge in [0, 0.05) is 25.0 Å². The number of nitrogens with zero attached hydrogens (tertiary/aromatic N) is 3. The molecule has 0 aliphatic carbocycles. The van der Waals surface area contributed by atoms with Crippen LogP contribution in [0, 0.1) is 6.92 Å². The lowest BCUT2D eigenvalue weighted by molar-refractivity contribution is 0.0865. The van der Waals surface area contributed by atoms with Gasteiger partial charge < -0.3 is 5.32 Å². The van der Waals surface area contributed by atoms with E-state index in [2.05, 4.69) is 36.2 Å². The fraction of sp³-hybridized carbons (Fsp3) is 0.812. The highest BCUT2D eigenvalue weighted by Crippen LogP contribution is 2.31. The normalized spacial score (nSPS) is 20.7. The van der Waals surface area contributed by atoms with Crippen molar-refractivity contribution < 1.29 is 0 Å². The van der Waals surface area contributed by atoms with Gasteiger partial charge in [-0.15, -0.1) is 0 Å². The third-order valence-corrected chi connectivity index (χ3v) is 5.79. The highest BCUT2D eigenvalue weighted by Gasteiger charge is 2.39. The minimum Gasteiger partial charge on any atom is -0.315 e. The Morgan fingerprint density at radius 3 is 2.43 bits per heavy atom. The summed E-state index contributed by atoms with van der Waals surface area (Å²) in [5, 5.41) is 8.81. The van der Waals surface area contributed by atoms with Gasteiger partial charge >= 0.3 is 0 Å². The molecule has 21 heavy (non-hydrogen) atoms. The number of halogens is 1. The molecule has 1 N–H and O–H groups in total. The topological polar surface area (TPSA) is 33.1 Å². The molecule has 1 aliphatic rings. The second-order valence-corrected chi connectivity index (χ2v) is 6.80. The third-order valence-electron chi connectivity index (χ3n) is 5.30. The van der Waals surface area contributed by atoms with Crippen molar-refractivity contribution in [3.63, 3.8) is 0 Å². The van der Waals surface area contributed by atoms with Gasteiger partial charge in [0.25, 0.3) is 0 Å². The van der Waals surface area contributed by atoms with Crippen molar-refractivity contribution in [1.29, 1.82) is 0 Å². The van der Waals surface area contributed by atoms with Crippen LogP contribution in [0.5, 0.6) is 0 Å². The lowest BCUT2D eigenvalue weighted by Gasteiger charge is -2.44. The average molecular weight is 313 g/mol. The van der Waals surface area contributed by atoms with E-state index in [1.165, 1.54) is 25.9 Å². The summed E-state index contributed by atoms with van der Waals surface area (Å²) in [5.74, 6) is 0. The van der Waals surface area contributed by atoms with Gasteiger partial charge in [0.15, 0.2) is 0 Å².